The fourth-order valence-corrected chi connectivity index (χ4v) is 3.19. The van der Waals surface area contributed by atoms with Crippen molar-refractivity contribution in [3.63, 3.8) is 0 Å². The fraction of sp³-hybridized carbons (Fsp3) is 0.0556. The van der Waals surface area contributed by atoms with Crippen LogP contribution in [0.5, 0.6) is 0 Å². The zero-order valence-corrected chi connectivity index (χ0v) is 15.6. The van der Waals surface area contributed by atoms with Crippen molar-refractivity contribution in [2.75, 3.05) is 0 Å². The summed E-state index contributed by atoms with van der Waals surface area (Å²) in [7, 11) is 0. The number of hydrogen-bond donors (Lipinski definition) is 0. The number of rotatable bonds is 3. The smallest absolute Gasteiger partial charge is 0.182 e. The first-order valence-corrected chi connectivity index (χ1v) is 8.61. The molecule has 0 unspecified atom stereocenters. The van der Waals surface area contributed by atoms with Gasteiger partial charge >= 0.3 is 0 Å². The lowest BCUT2D eigenvalue weighted by Crippen LogP contribution is -1.90. The first-order valence-electron chi connectivity index (χ1n) is 7.42. The second kappa shape index (κ2) is 7.35. The standard InChI is InChI=1S/C18H13ClN4S.ClH/c1-12-2-4-13(5-3-12)6-11-16-22-23-17(20-21-18(23)24-16)14-7-9-15(19)10-8-14;/h2-11H,1H3;1H/b11-6+;. The predicted molar refractivity (Wildman–Crippen MR) is 106 cm³/mol. The molecule has 0 atom stereocenters. The van der Waals surface area contributed by atoms with E-state index in [0.717, 1.165) is 21.1 Å². The van der Waals surface area contributed by atoms with Crippen molar-refractivity contribution in [2.45, 2.75) is 6.92 Å². The van der Waals surface area contributed by atoms with E-state index in [0.29, 0.717) is 10.8 Å². The third kappa shape index (κ3) is 3.74. The number of nitrogens with zero attached hydrogens (tertiary/aromatic N) is 4. The molecule has 0 fully saturated rings. The molecule has 0 amide bonds. The average molecular weight is 389 g/mol. The Morgan fingerprint density at radius 2 is 1.68 bits per heavy atom. The van der Waals surface area contributed by atoms with Crippen molar-refractivity contribution in [3.8, 4) is 11.4 Å². The Bertz CT molecular complexity index is 1020. The monoisotopic (exact) mass is 388 g/mol. The lowest BCUT2D eigenvalue weighted by molar-refractivity contribution is 0.960. The maximum atomic E-state index is 5.94. The topological polar surface area (TPSA) is 43.1 Å². The van der Waals surface area contributed by atoms with Crippen LogP contribution in [0, 0.1) is 6.92 Å². The molecule has 0 saturated carbocycles. The maximum Gasteiger partial charge on any atom is 0.235 e. The van der Waals surface area contributed by atoms with Crippen LogP contribution in [0.3, 0.4) is 0 Å². The molecule has 0 bridgehead atoms. The average Bonchev–Trinajstić information content (AvgIpc) is 3.15. The van der Waals surface area contributed by atoms with Crippen molar-refractivity contribution in [1.29, 1.82) is 0 Å². The van der Waals surface area contributed by atoms with E-state index in [9.17, 15) is 0 Å². The van der Waals surface area contributed by atoms with Crippen LogP contribution in [-0.4, -0.2) is 19.8 Å². The summed E-state index contributed by atoms with van der Waals surface area (Å²) in [6.07, 6.45) is 4.04. The lowest BCUT2D eigenvalue weighted by atomic mass is 10.1. The third-order valence-electron chi connectivity index (χ3n) is 3.60. The van der Waals surface area contributed by atoms with Gasteiger partial charge in [0.05, 0.1) is 0 Å². The van der Waals surface area contributed by atoms with Crippen molar-refractivity contribution in [3.05, 3.63) is 69.7 Å². The first-order chi connectivity index (χ1) is 11.7. The van der Waals surface area contributed by atoms with Gasteiger partial charge in [0.1, 0.15) is 5.01 Å². The quantitative estimate of drug-likeness (QED) is 0.471. The van der Waals surface area contributed by atoms with Gasteiger partial charge in [-0.3, -0.25) is 0 Å². The molecular weight excluding hydrogens is 375 g/mol. The molecule has 4 nitrogen and oxygen atoms in total. The van der Waals surface area contributed by atoms with Crippen LogP contribution in [0.25, 0.3) is 28.5 Å². The molecule has 0 spiro atoms. The number of hydrogen-bond acceptors (Lipinski definition) is 4. The highest BCUT2D eigenvalue weighted by molar-refractivity contribution is 7.17. The summed E-state index contributed by atoms with van der Waals surface area (Å²) < 4.78 is 1.77. The number of benzene rings is 2. The largest absolute Gasteiger partial charge is 0.235 e. The molecule has 4 aromatic rings. The van der Waals surface area contributed by atoms with E-state index in [1.807, 2.05) is 36.4 Å². The minimum absolute atomic E-state index is 0. The van der Waals surface area contributed by atoms with Crippen molar-refractivity contribution < 1.29 is 0 Å². The molecule has 0 aliphatic rings. The molecule has 25 heavy (non-hydrogen) atoms. The predicted octanol–water partition coefficient (Wildman–Crippen LogP) is 5.41. The van der Waals surface area contributed by atoms with Crippen molar-refractivity contribution in [1.82, 2.24) is 19.8 Å². The summed E-state index contributed by atoms with van der Waals surface area (Å²) in [5.41, 5.74) is 3.33. The number of aromatic nitrogens is 4. The fourth-order valence-electron chi connectivity index (χ4n) is 2.32. The second-order valence-electron chi connectivity index (χ2n) is 5.41. The van der Waals surface area contributed by atoms with Gasteiger partial charge in [-0.2, -0.15) is 9.61 Å². The Labute approximate surface area is 160 Å². The highest BCUT2D eigenvalue weighted by Gasteiger charge is 2.12. The normalized spacial score (nSPS) is 11.1. The van der Waals surface area contributed by atoms with E-state index in [1.54, 1.807) is 4.52 Å². The van der Waals surface area contributed by atoms with E-state index in [4.69, 9.17) is 11.6 Å². The lowest BCUT2D eigenvalue weighted by Gasteiger charge is -1.96. The van der Waals surface area contributed by atoms with Crippen LogP contribution >= 0.6 is 35.3 Å². The van der Waals surface area contributed by atoms with E-state index in [-0.39, 0.29) is 12.4 Å². The molecular formula is C18H14Cl2N4S. The minimum atomic E-state index is 0. The van der Waals surface area contributed by atoms with Crippen molar-refractivity contribution >= 4 is 52.5 Å². The molecule has 2 aromatic heterocycles. The van der Waals surface area contributed by atoms with Crippen LogP contribution in [0.15, 0.2) is 48.5 Å². The van der Waals surface area contributed by atoms with Gasteiger partial charge in [0.2, 0.25) is 4.96 Å². The van der Waals surface area contributed by atoms with E-state index >= 15 is 0 Å². The van der Waals surface area contributed by atoms with Gasteiger partial charge in [0.15, 0.2) is 5.82 Å². The Hall–Kier alpha value is -2.21. The summed E-state index contributed by atoms with van der Waals surface area (Å²) in [6, 6.07) is 15.9. The molecule has 2 heterocycles. The zero-order chi connectivity index (χ0) is 16.5. The second-order valence-corrected chi connectivity index (χ2v) is 6.83. The Kier molecular flexibility index (Phi) is 5.18. The van der Waals surface area contributed by atoms with Crippen LogP contribution in [0.1, 0.15) is 16.1 Å². The highest BCUT2D eigenvalue weighted by atomic mass is 35.5. The minimum Gasteiger partial charge on any atom is -0.182 e. The summed E-state index contributed by atoms with van der Waals surface area (Å²) in [6.45, 7) is 2.08. The van der Waals surface area contributed by atoms with E-state index in [2.05, 4.69) is 46.5 Å². The maximum absolute atomic E-state index is 5.94. The number of aryl methyl sites for hydroxylation is 1. The molecule has 4 rings (SSSR count). The van der Waals surface area contributed by atoms with Gasteiger partial charge in [-0.25, -0.2) is 0 Å². The van der Waals surface area contributed by atoms with E-state index < -0.39 is 0 Å². The van der Waals surface area contributed by atoms with Gasteiger partial charge in [0, 0.05) is 10.6 Å². The summed E-state index contributed by atoms with van der Waals surface area (Å²) in [5.74, 6) is 0.716. The molecule has 0 N–H and O–H groups in total. The Morgan fingerprint density at radius 1 is 0.960 bits per heavy atom. The third-order valence-corrected chi connectivity index (χ3v) is 4.72. The summed E-state index contributed by atoms with van der Waals surface area (Å²) in [4.78, 5) is 0.767. The first kappa shape index (κ1) is 17.6. The van der Waals surface area contributed by atoms with E-state index in [1.165, 1.54) is 16.9 Å². The molecule has 7 heteroatoms. The molecule has 0 saturated heterocycles. The summed E-state index contributed by atoms with van der Waals surface area (Å²) >= 11 is 7.44. The number of fused-ring (bicyclic) bond motifs is 1. The van der Waals surface area contributed by atoms with Gasteiger partial charge in [0.25, 0.3) is 0 Å². The van der Waals surface area contributed by atoms with Gasteiger partial charge < -0.3 is 0 Å². The molecule has 0 aliphatic carbocycles. The van der Waals surface area contributed by atoms with Crippen molar-refractivity contribution in [2.24, 2.45) is 0 Å². The molecule has 2 aromatic carbocycles. The number of halogens is 2. The van der Waals surface area contributed by atoms with Gasteiger partial charge in [-0.1, -0.05) is 58.8 Å². The summed E-state index contributed by atoms with van der Waals surface area (Å²) in [5, 5.41) is 14.6. The Balaban J connectivity index is 0.00000182. The van der Waals surface area contributed by atoms with Crippen LogP contribution in [0.2, 0.25) is 5.02 Å². The Morgan fingerprint density at radius 3 is 2.40 bits per heavy atom. The molecule has 126 valence electrons. The zero-order valence-electron chi connectivity index (χ0n) is 13.3. The van der Waals surface area contributed by atoms with Crippen LogP contribution < -0.4 is 0 Å². The molecule has 0 radical (unpaired) electrons. The van der Waals surface area contributed by atoms with Crippen LogP contribution in [-0.2, 0) is 0 Å². The van der Waals surface area contributed by atoms with Gasteiger partial charge in [-0.05, 0) is 42.8 Å². The SMILES string of the molecule is Cc1ccc(/C=C/c2nn3c(-c4ccc(Cl)cc4)nnc3s2)cc1.Cl. The van der Waals surface area contributed by atoms with Gasteiger partial charge in [-0.15, -0.1) is 22.6 Å². The van der Waals surface area contributed by atoms with Crippen LogP contribution in [0.4, 0.5) is 0 Å². The highest BCUT2D eigenvalue weighted by Crippen LogP contribution is 2.23. The molecule has 0 aliphatic heterocycles.